The van der Waals surface area contributed by atoms with Crippen molar-refractivity contribution in [2.75, 3.05) is 0 Å². The highest BCUT2D eigenvalue weighted by molar-refractivity contribution is 7.97. The van der Waals surface area contributed by atoms with E-state index in [2.05, 4.69) is 13.2 Å². The molecule has 2 nitrogen and oxygen atoms in total. The highest BCUT2D eigenvalue weighted by atomic mass is 35.5. The quantitative estimate of drug-likeness (QED) is 0.597. The second-order valence-corrected chi connectivity index (χ2v) is 2.77. The van der Waals surface area contributed by atoms with Crippen molar-refractivity contribution in [2.45, 2.75) is 0 Å². The van der Waals surface area contributed by atoms with Gasteiger partial charge in [-0.2, -0.15) is 0 Å². The van der Waals surface area contributed by atoms with Crippen LogP contribution in [-0.4, -0.2) is 8.42 Å². The lowest BCUT2D eigenvalue weighted by molar-refractivity contribution is 0.613. The highest BCUT2D eigenvalue weighted by Crippen LogP contribution is 1.87. The molecule has 0 spiro atoms. The van der Waals surface area contributed by atoms with E-state index in [-0.39, 0.29) is 12.4 Å². The molecule has 0 saturated heterocycles. The minimum Gasteiger partial charge on any atom is -0.220 e. The highest BCUT2D eigenvalue weighted by Gasteiger charge is 1.90. The molecular weight excluding hydrogens is 148 g/mol. The van der Waals surface area contributed by atoms with Gasteiger partial charge in [-0.15, -0.1) is 12.4 Å². The molecule has 0 aliphatic carbocycles. The van der Waals surface area contributed by atoms with Crippen LogP contribution in [0.25, 0.3) is 0 Å². The summed E-state index contributed by atoms with van der Waals surface area (Å²) in [7, 11) is -3.13. The van der Waals surface area contributed by atoms with Gasteiger partial charge in [-0.3, -0.25) is 0 Å². The van der Waals surface area contributed by atoms with Crippen LogP contribution in [0.2, 0.25) is 0 Å². The second kappa shape index (κ2) is 3.69. The topological polar surface area (TPSA) is 34.1 Å². The Balaban J connectivity index is 0. The third-order valence-electron chi connectivity index (χ3n) is 0.465. The fraction of sp³-hybridized carbons (Fsp3) is 0. The standard InChI is InChI=1S/C4H6O2S.ClH/c1-3-7(5,6)4-2;/h3-4H,1-2H2;1H. The first kappa shape index (κ1) is 10.7. The lowest BCUT2D eigenvalue weighted by Crippen LogP contribution is -1.83. The van der Waals surface area contributed by atoms with Gasteiger partial charge in [-0.1, -0.05) is 13.2 Å². The smallest absolute Gasteiger partial charge is 0.191 e. The summed E-state index contributed by atoms with van der Waals surface area (Å²) in [6.07, 6.45) is 0. The number of hydrogen-bond donors (Lipinski definition) is 0. The SMILES string of the molecule is C=CS(=O)(=O)C=C.Cl. The van der Waals surface area contributed by atoms with E-state index in [1.165, 1.54) is 0 Å². The largest absolute Gasteiger partial charge is 0.220 e. The maximum atomic E-state index is 10.1. The van der Waals surface area contributed by atoms with Crippen LogP contribution in [0.4, 0.5) is 0 Å². The molecule has 4 heteroatoms. The van der Waals surface area contributed by atoms with E-state index in [4.69, 9.17) is 0 Å². The zero-order chi connectivity index (χ0) is 5.91. The molecule has 0 aromatic rings. The molecule has 0 fully saturated rings. The monoisotopic (exact) mass is 154 g/mol. The van der Waals surface area contributed by atoms with Crippen molar-refractivity contribution in [1.29, 1.82) is 0 Å². The van der Waals surface area contributed by atoms with Gasteiger partial charge in [0.05, 0.1) is 0 Å². The van der Waals surface area contributed by atoms with E-state index in [9.17, 15) is 8.42 Å². The Hall–Kier alpha value is -0.280. The van der Waals surface area contributed by atoms with Crippen molar-refractivity contribution in [3.05, 3.63) is 24.0 Å². The van der Waals surface area contributed by atoms with Crippen LogP contribution in [0.3, 0.4) is 0 Å². The van der Waals surface area contributed by atoms with Crippen LogP contribution < -0.4 is 0 Å². The molecule has 0 atom stereocenters. The predicted octanol–water partition coefficient (Wildman–Crippen LogP) is 1.11. The maximum Gasteiger partial charge on any atom is 0.191 e. The molecule has 0 saturated carbocycles. The number of sulfone groups is 1. The summed E-state index contributed by atoms with van der Waals surface area (Å²) in [5, 5.41) is 1.69. The second-order valence-electron chi connectivity index (χ2n) is 0.922. The summed E-state index contributed by atoms with van der Waals surface area (Å²) in [4.78, 5) is 0. The van der Waals surface area contributed by atoms with E-state index in [0.717, 1.165) is 10.8 Å². The number of halogens is 1. The first-order valence-corrected chi connectivity index (χ1v) is 3.23. The van der Waals surface area contributed by atoms with Crippen molar-refractivity contribution in [2.24, 2.45) is 0 Å². The van der Waals surface area contributed by atoms with Gasteiger partial charge < -0.3 is 0 Å². The lowest BCUT2D eigenvalue weighted by Gasteiger charge is -1.78. The summed E-state index contributed by atoms with van der Waals surface area (Å²) in [5.74, 6) is 0. The molecule has 0 aliphatic rings. The Morgan fingerprint density at radius 3 is 1.38 bits per heavy atom. The summed E-state index contributed by atoms with van der Waals surface area (Å²) < 4.78 is 20.3. The van der Waals surface area contributed by atoms with Crippen molar-refractivity contribution >= 4 is 22.2 Å². The molecule has 0 aromatic heterocycles. The zero-order valence-electron chi connectivity index (χ0n) is 4.20. The summed E-state index contributed by atoms with van der Waals surface area (Å²) in [6, 6.07) is 0. The molecular formula is C4H7ClO2S. The minimum absolute atomic E-state index is 0. The Bertz CT molecular complexity index is 154. The van der Waals surface area contributed by atoms with E-state index < -0.39 is 9.84 Å². The van der Waals surface area contributed by atoms with Crippen LogP contribution in [0.5, 0.6) is 0 Å². The zero-order valence-corrected chi connectivity index (χ0v) is 5.83. The van der Waals surface area contributed by atoms with E-state index >= 15 is 0 Å². The summed E-state index contributed by atoms with van der Waals surface area (Å²) in [5.41, 5.74) is 0. The fourth-order valence-electron chi connectivity index (χ4n) is 0.0680. The molecule has 8 heavy (non-hydrogen) atoms. The van der Waals surface area contributed by atoms with Gasteiger partial charge in [0.2, 0.25) is 0 Å². The van der Waals surface area contributed by atoms with Gasteiger partial charge >= 0.3 is 0 Å². The van der Waals surface area contributed by atoms with Crippen LogP contribution in [0.15, 0.2) is 24.0 Å². The lowest BCUT2D eigenvalue weighted by atomic mass is 11.3. The van der Waals surface area contributed by atoms with Gasteiger partial charge in [-0.25, -0.2) is 8.42 Å². The Morgan fingerprint density at radius 2 is 1.38 bits per heavy atom. The average molecular weight is 155 g/mol. The number of hydrogen-bond acceptors (Lipinski definition) is 2. The Morgan fingerprint density at radius 1 is 1.12 bits per heavy atom. The van der Waals surface area contributed by atoms with Crippen molar-refractivity contribution in [1.82, 2.24) is 0 Å². The van der Waals surface area contributed by atoms with Gasteiger partial charge in [0.15, 0.2) is 9.84 Å². The van der Waals surface area contributed by atoms with Crippen molar-refractivity contribution < 1.29 is 8.42 Å². The van der Waals surface area contributed by atoms with Crippen molar-refractivity contribution in [3.8, 4) is 0 Å². The van der Waals surface area contributed by atoms with Gasteiger partial charge in [0.25, 0.3) is 0 Å². The van der Waals surface area contributed by atoms with Crippen LogP contribution in [-0.2, 0) is 9.84 Å². The molecule has 48 valence electrons. The molecule has 0 amide bonds. The fourth-order valence-corrected chi connectivity index (χ4v) is 0.204. The molecule has 0 aromatic carbocycles. The Kier molecular flexibility index (Phi) is 4.91. The van der Waals surface area contributed by atoms with E-state index in [0.29, 0.717) is 0 Å². The molecule has 0 N–H and O–H groups in total. The van der Waals surface area contributed by atoms with Crippen molar-refractivity contribution in [3.63, 3.8) is 0 Å². The van der Waals surface area contributed by atoms with Gasteiger partial charge in [0.1, 0.15) is 0 Å². The van der Waals surface area contributed by atoms with Crippen LogP contribution >= 0.6 is 12.4 Å². The third kappa shape index (κ3) is 3.89. The predicted molar refractivity (Wildman–Crippen MR) is 36.6 cm³/mol. The van der Waals surface area contributed by atoms with E-state index in [1.54, 1.807) is 0 Å². The molecule has 0 rings (SSSR count). The van der Waals surface area contributed by atoms with Gasteiger partial charge in [0, 0.05) is 10.8 Å². The first-order valence-electron chi connectivity index (χ1n) is 1.62. The average Bonchev–Trinajstić information content (AvgIpc) is 1.68. The first-order chi connectivity index (χ1) is 3.12. The maximum absolute atomic E-state index is 10.1. The van der Waals surface area contributed by atoms with Crippen LogP contribution in [0, 0.1) is 0 Å². The summed E-state index contributed by atoms with van der Waals surface area (Å²) in [6.45, 7) is 6.09. The van der Waals surface area contributed by atoms with Gasteiger partial charge in [-0.05, 0) is 0 Å². The molecule has 0 radical (unpaired) electrons. The number of rotatable bonds is 2. The van der Waals surface area contributed by atoms with Crippen LogP contribution in [0.1, 0.15) is 0 Å². The Labute approximate surface area is 55.2 Å². The normalized spacial score (nSPS) is 9.00. The summed E-state index contributed by atoms with van der Waals surface area (Å²) >= 11 is 0. The van der Waals surface area contributed by atoms with E-state index in [1.807, 2.05) is 0 Å². The third-order valence-corrected chi connectivity index (χ3v) is 1.39. The molecule has 0 unspecified atom stereocenters. The minimum atomic E-state index is -3.13. The molecule has 0 heterocycles. The molecule has 0 aliphatic heterocycles. The molecule has 0 bridgehead atoms.